The van der Waals surface area contributed by atoms with Crippen LogP contribution >= 0.6 is 0 Å². The fraction of sp³-hybridized carbons (Fsp3) is 0.276. The molecule has 3 aromatic rings. The highest BCUT2D eigenvalue weighted by Crippen LogP contribution is 2.26. The van der Waals surface area contributed by atoms with Crippen LogP contribution in [0.15, 0.2) is 91.5 Å². The van der Waals surface area contributed by atoms with Crippen LogP contribution < -0.4 is 10.5 Å². The summed E-state index contributed by atoms with van der Waals surface area (Å²) in [5.41, 5.74) is 8.80. The zero-order valence-electron chi connectivity index (χ0n) is 19.8. The maximum absolute atomic E-state index is 12.1. The van der Waals surface area contributed by atoms with Gasteiger partial charge in [-0.3, -0.25) is 9.69 Å². The van der Waals surface area contributed by atoms with Crippen molar-refractivity contribution in [1.82, 2.24) is 4.90 Å². The fourth-order valence-electron chi connectivity index (χ4n) is 3.94. The van der Waals surface area contributed by atoms with Crippen molar-refractivity contribution >= 4 is 5.91 Å². The monoisotopic (exact) mass is 458 g/mol. The van der Waals surface area contributed by atoms with Crippen molar-refractivity contribution in [2.45, 2.75) is 38.5 Å². The van der Waals surface area contributed by atoms with Crippen LogP contribution in [0.2, 0.25) is 0 Å². The number of aliphatic hydroxyl groups excluding tert-OH is 1. The van der Waals surface area contributed by atoms with E-state index in [9.17, 15) is 9.90 Å². The Bertz CT molecular complexity index is 1050. The van der Waals surface area contributed by atoms with Gasteiger partial charge in [0.1, 0.15) is 12.4 Å². The molecule has 2 unspecified atom stereocenters. The average molecular weight is 459 g/mol. The minimum Gasteiger partial charge on any atom is -0.488 e. The topological polar surface area (TPSA) is 75.8 Å². The number of nitrogens with zero attached hydrogens (tertiary/aromatic N) is 1. The molecular weight excluding hydrogens is 424 g/mol. The number of carbonyl (C=O) groups excluding carboxylic acids is 1. The summed E-state index contributed by atoms with van der Waals surface area (Å²) in [5, 5.41) is 11.0. The van der Waals surface area contributed by atoms with Crippen molar-refractivity contribution < 1.29 is 14.6 Å². The molecular formula is C29H34N2O3. The maximum Gasteiger partial charge on any atom is 0.252 e. The first-order valence-electron chi connectivity index (χ1n) is 11.6. The number of aryl methyl sites for hydroxylation is 1. The van der Waals surface area contributed by atoms with E-state index in [0.29, 0.717) is 31.0 Å². The Balaban J connectivity index is 1.67. The van der Waals surface area contributed by atoms with Crippen LogP contribution in [0, 0.1) is 0 Å². The molecule has 3 rings (SSSR count). The lowest BCUT2D eigenvalue weighted by molar-refractivity contribution is 0.0957. The standard InChI is InChI=1S/C29H34N2O3/c1-3-18-31(22(2)14-15-23-10-6-4-7-11-23)20-27(32)25-16-17-28(26(19-25)29(30)33)34-21-24-12-8-5-9-13-24/h3-13,16-17,19,22,27,32H,1,14-15,18,20-21H2,2H3,(H2,30,33). The van der Waals surface area contributed by atoms with Crippen LogP contribution in [0.3, 0.4) is 0 Å². The molecule has 5 heteroatoms. The van der Waals surface area contributed by atoms with Gasteiger partial charge in [0.2, 0.25) is 0 Å². The second-order valence-electron chi connectivity index (χ2n) is 8.53. The zero-order chi connectivity index (χ0) is 24.3. The van der Waals surface area contributed by atoms with E-state index in [4.69, 9.17) is 10.5 Å². The Hall–Kier alpha value is -3.41. The third-order valence-electron chi connectivity index (χ3n) is 5.98. The van der Waals surface area contributed by atoms with Gasteiger partial charge in [0.15, 0.2) is 0 Å². The Morgan fingerprint density at radius 1 is 1.06 bits per heavy atom. The summed E-state index contributed by atoms with van der Waals surface area (Å²) in [4.78, 5) is 14.3. The summed E-state index contributed by atoms with van der Waals surface area (Å²) in [5.74, 6) is -0.178. The van der Waals surface area contributed by atoms with E-state index in [1.807, 2.05) is 42.5 Å². The van der Waals surface area contributed by atoms with Crippen LogP contribution in [0.5, 0.6) is 5.75 Å². The Morgan fingerprint density at radius 2 is 1.71 bits per heavy atom. The zero-order valence-corrected chi connectivity index (χ0v) is 19.8. The number of primary amides is 1. The third-order valence-corrected chi connectivity index (χ3v) is 5.98. The van der Waals surface area contributed by atoms with E-state index in [1.165, 1.54) is 5.56 Å². The quantitative estimate of drug-likeness (QED) is 0.357. The van der Waals surface area contributed by atoms with E-state index < -0.39 is 12.0 Å². The lowest BCUT2D eigenvalue weighted by Gasteiger charge is -2.30. The van der Waals surface area contributed by atoms with Gasteiger partial charge in [-0.15, -0.1) is 6.58 Å². The Kier molecular flexibility index (Phi) is 9.44. The van der Waals surface area contributed by atoms with Gasteiger partial charge < -0.3 is 15.6 Å². The molecule has 3 N–H and O–H groups in total. The molecule has 0 radical (unpaired) electrons. The fourth-order valence-corrected chi connectivity index (χ4v) is 3.94. The molecule has 0 heterocycles. The van der Waals surface area contributed by atoms with E-state index in [1.54, 1.807) is 18.2 Å². The van der Waals surface area contributed by atoms with Crippen molar-refractivity contribution in [3.05, 3.63) is 114 Å². The Labute approximate surface area is 202 Å². The van der Waals surface area contributed by atoms with E-state index in [0.717, 1.165) is 18.4 Å². The minimum atomic E-state index is -0.777. The van der Waals surface area contributed by atoms with E-state index >= 15 is 0 Å². The number of nitrogens with two attached hydrogens (primary N) is 1. The molecule has 1 amide bonds. The molecule has 0 aliphatic carbocycles. The number of carbonyl (C=O) groups is 1. The lowest BCUT2D eigenvalue weighted by atomic mass is 10.0. The van der Waals surface area contributed by atoms with Gasteiger partial charge >= 0.3 is 0 Å². The first kappa shape index (κ1) is 25.2. The molecule has 0 aromatic heterocycles. The summed E-state index contributed by atoms with van der Waals surface area (Å²) < 4.78 is 5.84. The minimum absolute atomic E-state index is 0.247. The van der Waals surface area contributed by atoms with Crippen molar-refractivity contribution in [2.75, 3.05) is 13.1 Å². The maximum atomic E-state index is 12.1. The van der Waals surface area contributed by atoms with Crippen LogP contribution in [-0.2, 0) is 13.0 Å². The highest BCUT2D eigenvalue weighted by Gasteiger charge is 2.20. The predicted molar refractivity (Wildman–Crippen MR) is 137 cm³/mol. The molecule has 0 spiro atoms. The predicted octanol–water partition coefficient (Wildman–Crippen LogP) is 4.91. The molecule has 2 atom stereocenters. The molecule has 0 bridgehead atoms. The second-order valence-corrected chi connectivity index (χ2v) is 8.53. The van der Waals surface area contributed by atoms with Crippen LogP contribution in [0.4, 0.5) is 0 Å². The van der Waals surface area contributed by atoms with Gasteiger partial charge in [-0.25, -0.2) is 0 Å². The van der Waals surface area contributed by atoms with Crippen LogP contribution in [0.25, 0.3) is 0 Å². The third kappa shape index (κ3) is 7.30. The van der Waals surface area contributed by atoms with Gasteiger partial charge in [0.05, 0.1) is 11.7 Å². The number of ether oxygens (including phenoxy) is 1. The number of amides is 1. The highest BCUT2D eigenvalue weighted by molar-refractivity contribution is 5.95. The molecule has 3 aromatic carbocycles. The van der Waals surface area contributed by atoms with Crippen molar-refractivity contribution in [1.29, 1.82) is 0 Å². The van der Waals surface area contributed by atoms with Crippen molar-refractivity contribution in [2.24, 2.45) is 5.73 Å². The Morgan fingerprint density at radius 3 is 2.32 bits per heavy atom. The van der Waals surface area contributed by atoms with Gasteiger partial charge in [-0.05, 0) is 48.6 Å². The van der Waals surface area contributed by atoms with E-state index in [-0.39, 0.29) is 11.6 Å². The number of hydrogen-bond donors (Lipinski definition) is 2. The summed E-state index contributed by atoms with van der Waals surface area (Å²) in [6.07, 6.45) is 3.00. The average Bonchev–Trinajstić information content (AvgIpc) is 2.86. The number of hydrogen-bond acceptors (Lipinski definition) is 4. The SMILES string of the molecule is C=CCN(CC(O)c1ccc(OCc2ccccc2)c(C(N)=O)c1)C(C)CCc1ccccc1. The number of rotatable bonds is 13. The molecule has 0 aliphatic rings. The molecule has 0 saturated heterocycles. The number of benzene rings is 3. The summed E-state index contributed by atoms with van der Waals surface area (Å²) >= 11 is 0. The lowest BCUT2D eigenvalue weighted by Crippen LogP contribution is -2.37. The summed E-state index contributed by atoms with van der Waals surface area (Å²) in [7, 11) is 0. The number of aliphatic hydroxyl groups is 1. The van der Waals surface area contributed by atoms with Gasteiger partial charge in [0.25, 0.3) is 5.91 Å². The molecule has 178 valence electrons. The molecule has 0 fully saturated rings. The first-order chi connectivity index (χ1) is 16.5. The van der Waals surface area contributed by atoms with Gasteiger partial charge in [-0.2, -0.15) is 0 Å². The summed E-state index contributed by atoms with van der Waals surface area (Å²) in [6, 6.07) is 25.5. The molecule has 34 heavy (non-hydrogen) atoms. The highest BCUT2D eigenvalue weighted by atomic mass is 16.5. The second kappa shape index (κ2) is 12.7. The first-order valence-corrected chi connectivity index (χ1v) is 11.6. The van der Waals surface area contributed by atoms with Crippen molar-refractivity contribution in [3.63, 3.8) is 0 Å². The van der Waals surface area contributed by atoms with Gasteiger partial charge in [0, 0.05) is 19.1 Å². The van der Waals surface area contributed by atoms with Crippen molar-refractivity contribution in [3.8, 4) is 5.75 Å². The molecule has 0 aliphatic heterocycles. The van der Waals surface area contributed by atoms with Crippen LogP contribution in [-0.4, -0.2) is 35.0 Å². The molecule has 5 nitrogen and oxygen atoms in total. The summed E-state index contributed by atoms with van der Waals surface area (Å²) in [6.45, 7) is 7.45. The van der Waals surface area contributed by atoms with Crippen LogP contribution in [0.1, 0.15) is 46.5 Å². The normalized spacial score (nSPS) is 12.8. The van der Waals surface area contributed by atoms with Gasteiger partial charge in [-0.1, -0.05) is 72.8 Å². The molecule has 0 saturated carbocycles. The van der Waals surface area contributed by atoms with E-state index in [2.05, 4.69) is 42.7 Å². The smallest absolute Gasteiger partial charge is 0.252 e. The largest absolute Gasteiger partial charge is 0.488 e.